The van der Waals surface area contributed by atoms with Gasteiger partial charge < -0.3 is 15.6 Å². The summed E-state index contributed by atoms with van der Waals surface area (Å²) in [5.41, 5.74) is 6.30. The maximum Gasteiger partial charge on any atom is 0.125 e. The lowest BCUT2D eigenvalue weighted by Gasteiger charge is -2.14. The fraction of sp³-hybridized carbons (Fsp3) is 0.333. The van der Waals surface area contributed by atoms with Gasteiger partial charge in [-0.15, -0.1) is 0 Å². The van der Waals surface area contributed by atoms with Gasteiger partial charge in [0.2, 0.25) is 0 Å². The van der Waals surface area contributed by atoms with Gasteiger partial charge >= 0.3 is 0 Å². The lowest BCUT2D eigenvalue weighted by molar-refractivity contribution is 0.264. The van der Waals surface area contributed by atoms with Crippen molar-refractivity contribution in [3.05, 3.63) is 28.8 Å². The van der Waals surface area contributed by atoms with Crippen LogP contribution in [0.25, 0.3) is 0 Å². The molecule has 0 fully saturated rings. The number of nitrogens with two attached hydrogens (primary N) is 1. The quantitative estimate of drug-likeness (QED) is 0.776. The second-order valence-corrected chi connectivity index (χ2v) is 3.05. The molecule has 0 aromatic heterocycles. The van der Waals surface area contributed by atoms with E-state index < -0.39 is 6.04 Å². The predicted molar refractivity (Wildman–Crippen MR) is 52.0 cm³/mol. The molecule has 0 amide bonds. The molecule has 1 unspecified atom stereocenters. The number of aliphatic hydroxyl groups excluding tert-OH is 1. The van der Waals surface area contributed by atoms with Crippen molar-refractivity contribution in [2.45, 2.75) is 6.04 Å². The van der Waals surface area contributed by atoms with E-state index in [-0.39, 0.29) is 6.61 Å². The molecule has 0 aliphatic carbocycles. The van der Waals surface area contributed by atoms with Gasteiger partial charge in [0.05, 0.1) is 19.8 Å². The van der Waals surface area contributed by atoms with Crippen molar-refractivity contribution in [1.82, 2.24) is 0 Å². The van der Waals surface area contributed by atoms with Crippen LogP contribution in [0.4, 0.5) is 0 Å². The van der Waals surface area contributed by atoms with Gasteiger partial charge in [-0.05, 0) is 12.1 Å². The van der Waals surface area contributed by atoms with E-state index in [2.05, 4.69) is 0 Å². The van der Waals surface area contributed by atoms with Gasteiger partial charge in [-0.3, -0.25) is 0 Å². The van der Waals surface area contributed by atoms with E-state index in [1.165, 1.54) is 0 Å². The van der Waals surface area contributed by atoms with Crippen molar-refractivity contribution in [3.63, 3.8) is 0 Å². The molecular weight excluding hydrogens is 190 g/mol. The largest absolute Gasteiger partial charge is 0.496 e. The standard InChI is InChI=1S/C9H12ClNO2/c1-13-8-4-2-3-6(10)9(8)7(11)5-12/h2-4,7,12H,5,11H2,1H3. The lowest BCUT2D eigenvalue weighted by atomic mass is 10.1. The molecule has 72 valence electrons. The molecule has 1 rings (SSSR count). The summed E-state index contributed by atoms with van der Waals surface area (Å²) < 4.78 is 5.07. The van der Waals surface area contributed by atoms with Gasteiger partial charge in [0, 0.05) is 10.6 Å². The average molecular weight is 202 g/mol. The van der Waals surface area contributed by atoms with Gasteiger partial charge in [0.25, 0.3) is 0 Å². The number of rotatable bonds is 3. The predicted octanol–water partition coefficient (Wildman–Crippen LogP) is 1.34. The number of hydrogen-bond donors (Lipinski definition) is 2. The Bertz CT molecular complexity index is 291. The molecule has 0 aliphatic heterocycles. The second kappa shape index (κ2) is 4.46. The molecule has 1 atom stereocenters. The third kappa shape index (κ3) is 2.12. The van der Waals surface area contributed by atoms with Crippen molar-refractivity contribution in [2.75, 3.05) is 13.7 Å². The van der Waals surface area contributed by atoms with E-state index in [1.54, 1.807) is 25.3 Å². The van der Waals surface area contributed by atoms with Gasteiger partial charge in [-0.2, -0.15) is 0 Å². The number of methoxy groups -OCH3 is 1. The molecule has 0 heterocycles. The Morgan fingerprint density at radius 2 is 2.31 bits per heavy atom. The molecule has 0 bridgehead atoms. The van der Waals surface area contributed by atoms with Crippen LogP contribution < -0.4 is 10.5 Å². The molecule has 0 aliphatic rings. The summed E-state index contributed by atoms with van der Waals surface area (Å²) in [5, 5.41) is 9.41. The van der Waals surface area contributed by atoms with E-state index >= 15 is 0 Å². The summed E-state index contributed by atoms with van der Waals surface area (Å²) in [7, 11) is 1.54. The molecule has 3 N–H and O–H groups in total. The van der Waals surface area contributed by atoms with Crippen molar-refractivity contribution < 1.29 is 9.84 Å². The summed E-state index contributed by atoms with van der Waals surface area (Å²) >= 11 is 5.91. The summed E-state index contributed by atoms with van der Waals surface area (Å²) in [6.07, 6.45) is 0. The third-order valence-corrected chi connectivity index (χ3v) is 2.13. The first-order chi connectivity index (χ1) is 6.20. The Kier molecular flexibility index (Phi) is 3.54. The second-order valence-electron chi connectivity index (χ2n) is 2.64. The van der Waals surface area contributed by atoms with Crippen LogP contribution in [0, 0.1) is 0 Å². The van der Waals surface area contributed by atoms with Crippen LogP contribution in [0.1, 0.15) is 11.6 Å². The van der Waals surface area contributed by atoms with Crippen LogP contribution in [-0.2, 0) is 0 Å². The number of aliphatic hydroxyl groups is 1. The van der Waals surface area contributed by atoms with Gasteiger partial charge in [0.15, 0.2) is 0 Å². The van der Waals surface area contributed by atoms with Gasteiger partial charge in [-0.1, -0.05) is 17.7 Å². The summed E-state index contributed by atoms with van der Waals surface area (Å²) in [5.74, 6) is 0.606. The third-order valence-electron chi connectivity index (χ3n) is 1.80. The Morgan fingerprint density at radius 1 is 1.62 bits per heavy atom. The van der Waals surface area contributed by atoms with E-state index in [0.717, 1.165) is 0 Å². The van der Waals surface area contributed by atoms with Crippen molar-refractivity contribution in [2.24, 2.45) is 5.73 Å². The highest BCUT2D eigenvalue weighted by molar-refractivity contribution is 6.31. The summed E-state index contributed by atoms with van der Waals surface area (Å²) in [6, 6.07) is 4.75. The minimum absolute atomic E-state index is 0.153. The molecule has 0 saturated heterocycles. The van der Waals surface area contributed by atoms with E-state index in [9.17, 15) is 0 Å². The first kappa shape index (κ1) is 10.3. The molecule has 0 radical (unpaired) electrons. The smallest absolute Gasteiger partial charge is 0.125 e. The zero-order chi connectivity index (χ0) is 9.84. The first-order valence-electron chi connectivity index (χ1n) is 3.89. The molecule has 13 heavy (non-hydrogen) atoms. The normalized spacial score (nSPS) is 12.6. The molecule has 0 spiro atoms. The van der Waals surface area contributed by atoms with Gasteiger partial charge in [0.1, 0.15) is 5.75 Å². The van der Waals surface area contributed by atoms with Crippen LogP contribution in [0.2, 0.25) is 5.02 Å². The minimum Gasteiger partial charge on any atom is -0.496 e. The zero-order valence-electron chi connectivity index (χ0n) is 7.33. The number of benzene rings is 1. The minimum atomic E-state index is -0.497. The Balaban J connectivity index is 3.14. The SMILES string of the molecule is COc1cccc(Cl)c1C(N)CO. The lowest BCUT2D eigenvalue weighted by Crippen LogP contribution is -2.16. The van der Waals surface area contributed by atoms with Crippen LogP contribution in [0.5, 0.6) is 5.75 Å². The molecule has 4 heteroatoms. The van der Waals surface area contributed by atoms with Crippen molar-refractivity contribution in [1.29, 1.82) is 0 Å². The maximum absolute atomic E-state index is 8.89. The fourth-order valence-electron chi connectivity index (χ4n) is 1.15. The van der Waals surface area contributed by atoms with E-state index in [1.807, 2.05) is 0 Å². The average Bonchev–Trinajstić information content (AvgIpc) is 2.16. The number of ether oxygens (including phenoxy) is 1. The maximum atomic E-state index is 8.89. The molecular formula is C9H12ClNO2. The Labute approximate surface area is 82.1 Å². The van der Waals surface area contributed by atoms with Crippen LogP contribution in [0.3, 0.4) is 0 Å². The van der Waals surface area contributed by atoms with Crippen molar-refractivity contribution >= 4 is 11.6 Å². The topological polar surface area (TPSA) is 55.5 Å². The van der Waals surface area contributed by atoms with Crippen molar-refractivity contribution in [3.8, 4) is 5.75 Å². The summed E-state index contributed by atoms with van der Waals surface area (Å²) in [6.45, 7) is -0.153. The van der Waals surface area contributed by atoms with Gasteiger partial charge in [-0.25, -0.2) is 0 Å². The number of hydrogen-bond acceptors (Lipinski definition) is 3. The molecule has 0 saturated carbocycles. The monoisotopic (exact) mass is 201 g/mol. The summed E-state index contributed by atoms with van der Waals surface area (Å²) in [4.78, 5) is 0. The van der Waals surface area contributed by atoms with E-state index in [4.69, 9.17) is 27.2 Å². The molecule has 1 aromatic rings. The Hall–Kier alpha value is -0.770. The molecule has 1 aromatic carbocycles. The van der Waals surface area contributed by atoms with Crippen LogP contribution >= 0.6 is 11.6 Å². The van der Waals surface area contributed by atoms with Crippen LogP contribution in [-0.4, -0.2) is 18.8 Å². The fourth-order valence-corrected chi connectivity index (χ4v) is 1.45. The zero-order valence-corrected chi connectivity index (χ0v) is 8.08. The Morgan fingerprint density at radius 3 is 2.85 bits per heavy atom. The number of halogens is 1. The first-order valence-corrected chi connectivity index (χ1v) is 4.27. The molecule has 3 nitrogen and oxygen atoms in total. The highest BCUT2D eigenvalue weighted by atomic mass is 35.5. The van der Waals surface area contributed by atoms with Crippen LogP contribution in [0.15, 0.2) is 18.2 Å². The van der Waals surface area contributed by atoms with E-state index in [0.29, 0.717) is 16.3 Å². The highest BCUT2D eigenvalue weighted by Crippen LogP contribution is 2.30. The highest BCUT2D eigenvalue weighted by Gasteiger charge is 2.14.